The van der Waals surface area contributed by atoms with E-state index >= 15 is 0 Å². The first-order valence-electron chi connectivity index (χ1n) is 8.52. The minimum Gasteiger partial charge on any atom is -0.326 e. The number of amides is 1. The number of aryl methyl sites for hydroxylation is 3. The van der Waals surface area contributed by atoms with Crippen molar-refractivity contribution in [3.05, 3.63) is 50.9 Å². The van der Waals surface area contributed by atoms with Crippen LogP contribution >= 0.6 is 11.8 Å². The number of anilines is 1. The fourth-order valence-electron chi connectivity index (χ4n) is 3.15. The first-order chi connectivity index (χ1) is 11.9. The molecule has 132 valence electrons. The Morgan fingerprint density at radius 2 is 2.12 bits per heavy atom. The molecule has 1 unspecified atom stereocenters. The summed E-state index contributed by atoms with van der Waals surface area (Å²) < 4.78 is 1.66. The van der Waals surface area contributed by atoms with Crippen molar-refractivity contribution in [3.8, 4) is 0 Å². The van der Waals surface area contributed by atoms with Gasteiger partial charge in [-0.15, -0.1) is 0 Å². The summed E-state index contributed by atoms with van der Waals surface area (Å²) in [6.45, 7) is 8.23. The SMILES string of the molecule is CCc1c(C)nc2n(c1=O)CC(C(=O)Nc1ccc(C)cc1C)CS2. The van der Waals surface area contributed by atoms with E-state index in [1.165, 1.54) is 11.8 Å². The van der Waals surface area contributed by atoms with E-state index < -0.39 is 0 Å². The lowest BCUT2D eigenvalue weighted by Crippen LogP contribution is -2.38. The summed E-state index contributed by atoms with van der Waals surface area (Å²) in [5.74, 6) is 0.342. The summed E-state index contributed by atoms with van der Waals surface area (Å²) >= 11 is 1.48. The average molecular weight is 357 g/mol. The first-order valence-corrected chi connectivity index (χ1v) is 9.50. The quantitative estimate of drug-likeness (QED) is 0.858. The smallest absolute Gasteiger partial charge is 0.257 e. The summed E-state index contributed by atoms with van der Waals surface area (Å²) in [6.07, 6.45) is 0.655. The van der Waals surface area contributed by atoms with Crippen LogP contribution in [-0.4, -0.2) is 21.2 Å². The Balaban J connectivity index is 1.82. The number of thioether (sulfide) groups is 1. The largest absolute Gasteiger partial charge is 0.326 e. The Morgan fingerprint density at radius 3 is 2.80 bits per heavy atom. The van der Waals surface area contributed by atoms with Crippen LogP contribution in [0, 0.1) is 26.7 Å². The van der Waals surface area contributed by atoms with Crippen LogP contribution in [0.1, 0.15) is 29.3 Å². The third kappa shape index (κ3) is 3.49. The molecule has 2 heterocycles. The van der Waals surface area contributed by atoms with Crippen molar-refractivity contribution in [1.29, 1.82) is 0 Å². The van der Waals surface area contributed by atoms with Gasteiger partial charge in [-0.1, -0.05) is 36.4 Å². The predicted molar refractivity (Wildman–Crippen MR) is 101 cm³/mol. The molecule has 1 atom stereocenters. The predicted octanol–water partition coefficient (Wildman–Crippen LogP) is 3.09. The van der Waals surface area contributed by atoms with Gasteiger partial charge in [-0.25, -0.2) is 4.98 Å². The molecule has 0 spiro atoms. The Bertz CT molecular complexity index is 889. The molecule has 0 saturated carbocycles. The molecule has 1 amide bonds. The second kappa shape index (κ2) is 7.04. The molecule has 1 aliphatic heterocycles. The van der Waals surface area contributed by atoms with Crippen LogP contribution < -0.4 is 10.9 Å². The van der Waals surface area contributed by atoms with E-state index in [4.69, 9.17) is 0 Å². The number of carbonyl (C=O) groups is 1. The van der Waals surface area contributed by atoms with Crippen LogP contribution in [0.2, 0.25) is 0 Å². The maximum Gasteiger partial charge on any atom is 0.257 e. The second-order valence-corrected chi connectivity index (χ2v) is 7.53. The number of benzene rings is 1. The van der Waals surface area contributed by atoms with E-state index in [1.54, 1.807) is 4.57 Å². The molecule has 2 aromatic rings. The molecular weight excluding hydrogens is 334 g/mol. The Hall–Kier alpha value is -2.08. The monoisotopic (exact) mass is 357 g/mol. The van der Waals surface area contributed by atoms with E-state index in [0.29, 0.717) is 18.7 Å². The van der Waals surface area contributed by atoms with E-state index in [9.17, 15) is 9.59 Å². The number of hydrogen-bond donors (Lipinski definition) is 1. The highest BCUT2D eigenvalue weighted by atomic mass is 32.2. The van der Waals surface area contributed by atoms with Gasteiger partial charge in [0.25, 0.3) is 5.56 Å². The zero-order valence-corrected chi connectivity index (χ0v) is 15.9. The standard InChI is InChI=1S/C19H23N3O2S/c1-5-15-13(4)20-19-22(18(15)24)9-14(10-25-19)17(23)21-16-7-6-11(2)8-12(16)3/h6-8,14H,5,9-10H2,1-4H3,(H,21,23). The number of nitrogens with zero attached hydrogens (tertiary/aromatic N) is 2. The van der Waals surface area contributed by atoms with Gasteiger partial charge < -0.3 is 5.32 Å². The number of fused-ring (bicyclic) bond motifs is 1. The second-order valence-electron chi connectivity index (χ2n) is 6.54. The molecule has 25 heavy (non-hydrogen) atoms. The Kier molecular flexibility index (Phi) is 4.99. The van der Waals surface area contributed by atoms with Crippen molar-refractivity contribution in [2.24, 2.45) is 5.92 Å². The van der Waals surface area contributed by atoms with Crippen LogP contribution in [0.15, 0.2) is 28.2 Å². The van der Waals surface area contributed by atoms with Gasteiger partial charge in [-0.3, -0.25) is 14.2 Å². The Morgan fingerprint density at radius 1 is 1.36 bits per heavy atom. The molecule has 0 radical (unpaired) electrons. The zero-order valence-electron chi connectivity index (χ0n) is 15.0. The fraction of sp³-hybridized carbons (Fsp3) is 0.421. The fourth-order valence-corrected chi connectivity index (χ4v) is 4.27. The lowest BCUT2D eigenvalue weighted by atomic mass is 10.1. The maximum atomic E-state index is 12.7. The third-order valence-electron chi connectivity index (χ3n) is 4.61. The van der Waals surface area contributed by atoms with E-state index in [2.05, 4.69) is 10.3 Å². The summed E-state index contributed by atoms with van der Waals surface area (Å²) in [4.78, 5) is 29.9. The van der Waals surface area contributed by atoms with Gasteiger partial charge in [0.1, 0.15) is 0 Å². The molecule has 0 bridgehead atoms. The van der Waals surface area contributed by atoms with Gasteiger partial charge in [0.05, 0.1) is 5.92 Å². The van der Waals surface area contributed by atoms with Crippen LogP contribution in [0.3, 0.4) is 0 Å². The molecule has 6 heteroatoms. The van der Waals surface area contributed by atoms with Crippen molar-refractivity contribution in [2.45, 2.75) is 45.8 Å². The molecule has 0 saturated heterocycles. The molecular formula is C19H23N3O2S. The third-order valence-corrected chi connectivity index (χ3v) is 5.75. The van der Waals surface area contributed by atoms with E-state index in [0.717, 1.165) is 33.2 Å². The minimum atomic E-state index is -0.245. The van der Waals surface area contributed by atoms with Crippen molar-refractivity contribution < 1.29 is 4.79 Å². The van der Waals surface area contributed by atoms with E-state index in [1.807, 2.05) is 45.9 Å². The van der Waals surface area contributed by atoms with Crippen molar-refractivity contribution in [1.82, 2.24) is 9.55 Å². The number of carbonyl (C=O) groups excluding carboxylic acids is 1. The van der Waals surface area contributed by atoms with Crippen LogP contribution in [0.25, 0.3) is 0 Å². The zero-order chi connectivity index (χ0) is 18.1. The van der Waals surface area contributed by atoms with Gasteiger partial charge >= 0.3 is 0 Å². The molecule has 0 fully saturated rings. The van der Waals surface area contributed by atoms with Crippen LogP contribution in [0.4, 0.5) is 5.69 Å². The van der Waals surface area contributed by atoms with Gasteiger partial charge in [0.15, 0.2) is 5.16 Å². The van der Waals surface area contributed by atoms with Crippen molar-refractivity contribution in [3.63, 3.8) is 0 Å². The summed E-state index contributed by atoms with van der Waals surface area (Å²) in [5.41, 5.74) is 4.55. The first kappa shape index (κ1) is 17.7. The lowest BCUT2D eigenvalue weighted by Gasteiger charge is -2.25. The van der Waals surface area contributed by atoms with Gasteiger partial charge in [0, 0.05) is 29.2 Å². The Labute approximate surface area is 151 Å². The highest BCUT2D eigenvalue weighted by molar-refractivity contribution is 7.99. The number of rotatable bonds is 3. The normalized spacial score (nSPS) is 16.4. The lowest BCUT2D eigenvalue weighted by molar-refractivity contribution is -0.119. The van der Waals surface area contributed by atoms with Crippen molar-refractivity contribution in [2.75, 3.05) is 11.1 Å². The highest BCUT2D eigenvalue weighted by Gasteiger charge is 2.28. The summed E-state index contributed by atoms with van der Waals surface area (Å²) in [6, 6.07) is 5.96. The molecule has 3 rings (SSSR count). The highest BCUT2D eigenvalue weighted by Crippen LogP contribution is 2.27. The summed E-state index contributed by atoms with van der Waals surface area (Å²) in [5, 5.41) is 3.73. The van der Waals surface area contributed by atoms with Crippen LogP contribution in [-0.2, 0) is 17.8 Å². The van der Waals surface area contributed by atoms with Crippen molar-refractivity contribution >= 4 is 23.4 Å². The molecule has 1 aromatic carbocycles. The molecule has 1 aliphatic rings. The topological polar surface area (TPSA) is 64.0 Å². The number of nitrogens with one attached hydrogen (secondary N) is 1. The molecule has 1 N–H and O–H groups in total. The van der Waals surface area contributed by atoms with Gasteiger partial charge in [-0.2, -0.15) is 0 Å². The maximum absolute atomic E-state index is 12.7. The number of aromatic nitrogens is 2. The minimum absolute atomic E-state index is 0.0125. The average Bonchev–Trinajstić information content (AvgIpc) is 2.57. The van der Waals surface area contributed by atoms with Gasteiger partial charge in [-0.05, 0) is 38.8 Å². The molecule has 5 nitrogen and oxygen atoms in total. The van der Waals surface area contributed by atoms with E-state index in [-0.39, 0.29) is 17.4 Å². The number of hydrogen-bond acceptors (Lipinski definition) is 4. The summed E-state index contributed by atoms with van der Waals surface area (Å²) in [7, 11) is 0. The molecule has 1 aromatic heterocycles. The molecule has 0 aliphatic carbocycles. The van der Waals surface area contributed by atoms with Crippen LogP contribution in [0.5, 0.6) is 0 Å². The van der Waals surface area contributed by atoms with Gasteiger partial charge in [0.2, 0.25) is 5.91 Å².